The number of nitrogens with one attached hydrogen (secondary N) is 1. The Kier molecular flexibility index (Phi) is 7.42. The van der Waals surface area contributed by atoms with Gasteiger partial charge in [0, 0.05) is 30.6 Å². The third-order valence-electron chi connectivity index (χ3n) is 8.74. The van der Waals surface area contributed by atoms with E-state index in [0.29, 0.717) is 11.0 Å². The summed E-state index contributed by atoms with van der Waals surface area (Å²) in [7, 11) is -2.64. The lowest BCUT2D eigenvalue weighted by atomic mass is 9.92. The molecule has 2 aliphatic carbocycles. The first kappa shape index (κ1) is 27.6. The monoisotopic (exact) mass is 565 g/mol. The molecule has 1 amide bonds. The number of amides is 1. The zero-order chi connectivity index (χ0) is 28.6. The van der Waals surface area contributed by atoms with E-state index < -0.39 is 8.32 Å². The van der Waals surface area contributed by atoms with Crippen LogP contribution < -0.4 is 21.1 Å². The molecule has 0 radical (unpaired) electrons. The van der Waals surface area contributed by atoms with Crippen LogP contribution in [0.5, 0.6) is 0 Å². The van der Waals surface area contributed by atoms with Gasteiger partial charge in [0.15, 0.2) is 0 Å². The number of nitrogens with zero attached hydrogens (tertiary/aromatic N) is 2. The van der Waals surface area contributed by atoms with Gasteiger partial charge < -0.3 is 14.3 Å². The quantitative estimate of drug-likeness (QED) is 0.307. The minimum absolute atomic E-state index is 0.0742. The van der Waals surface area contributed by atoms with E-state index in [1.807, 2.05) is 0 Å². The molecule has 2 saturated carbocycles. The van der Waals surface area contributed by atoms with E-state index in [1.165, 1.54) is 10.4 Å². The Bertz CT molecular complexity index is 1550. The van der Waals surface area contributed by atoms with Crippen LogP contribution in [0.1, 0.15) is 75.7 Å². The van der Waals surface area contributed by atoms with E-state index in [2.05, 4.69) is 96.3 Å². The Balaban J connectivity index is 1.30. The molecule has 2 heterocycles. The normalized spacial score (nSPS) is 19.7. The molecule has 0 spiro atoms. The van der Waals surface area contributed by atoms with Crippen LogP contribution in [0.4, 0.5) is 0 Å². The predicted molar refractivity (Wildman–Crippen MR) is 166 cm³/mol. The van der Waals surface area contributed by atoms with E-state index in [4.69, 9.17) is 4.43 Å². The van der Waals surface area contributed by atoms with Gasteiger partial charge in [0.1, 0.15) is 11.2 Å². The molecule has 2 aromatic heterocycles. The molecule has 212 valence electrons. The van der Waals surface area contributed by atoms with Crippen molar-refractivity contribution >= 4 is 35.6 Å². The first-order valence-electron chi connectivity index (χ1n) is 14.9. The van der Waals surface area contributed by atoms with Gasteiger partial charge in [-0.2, -0.15) is 0 Å². The maximum atomic E-state index is 13.2. The van der Waals surface area contributed by atoms with Crippen molar-refractivity contribution in [3.05, 3.63) is 101 Å². The molecule has 0 saturated heterocycles. The molecule has 7 heteroatoms. The molecule has 6 nitrogen and oxygen atoms in total. The molecule has 2 aliphatic rings. The molecule has 0 bridgehead atoms. The number of pyridine rings is 2. The third kappa shape index (κ3) is 5.29. The topological polar surface area (TPSA) is 73.2 Å². The maximum absolute atomic E-state index is 13.2. The number of hydrogen-bond donors (Lipinski definition) is 1. The first-order valence-corrected chi connectivity index (χ1v) is 16.8. The molecule has 41 heavy (non-hydrogen) atoms. The van der Waals surface area contributed by atoms with Gasteiger partial charge >= 0.3 is 0 Å². The first-order chi connectivity index (χ1) is 19.8. The number of carbonyl (C=O) groups is 1. The summed E-state index contributed by atoms with van der Waals surface area (Å²) in [6.07, 6.45) is 9.13. The van der Waals surface area contributed by atoms with Crippen LogP contribution >= 0.6 is 0 Å². The summed E-state index contributed by atoms with van der Waals surface area (Å²) in [6, 6.07) is 25.5. The van der Waals surface area contributed by atoms with Gasteiger partial charge in [-0.3, -0.25) is 9.59 Å². The van der Waals surface area contributed by atoms with Gasteiger partial charge in [0.2, 0.25) is 5.43 Å². The Morgan fingerprint density at radius 3 is 2.05 bits per heavy atom. The highest BCUT2D eigenvalue weighted by Gasteiger charge is 2.51. The summed E-state index contributed by atoms with van der Waals surface area (Å²) < 4.78 is 9.50. The summed E-state index contributed by atoms with van der Waals surface area (Å²) >= 11 is 0. The van der Waals surface area contributed by atoms with Gasteiger partial charge in [0.25, 0.3) is 14.2 Å². The molecule has 2 fully saturated rings. The number of rotatable bonds is 7. The average Bonchev–Trinajstić information content (AvgIpc) is 3.81. The van der Waals surface area contributed by atoms with Gasteiger partial charge in [-0.25, -0.2) is 4.98 Å². The van der Waals surface area contributed by atoms with Crippen LogP contribution in [-0.4, -0.2) is 35.9 Å². The summed E-state index contributed by atoms with van der Waals surface area (Å²) in [5.41, 5.74) is 0.617. The van der Waals surface area contributed by atoms with E-state index >= 15 is 0 Å². The van der Waals surface area contributed by atoms with E-state index in [1.54, 1.807) is 24.5 Å². The lowest BCUT2D eigenvalue weighted by Gasteiger charge is -2.46. The average molecular weight is 566 g/mol. The second kappa shape index (κ2) is 11.0. The van der Waals surface area contributed by atoms with Gasteiger partial charge in [-0.05, 0) is 66.1 Å². The van der Waals surface area contributed by atoms with Gasteiger partial charge in [0.05, 0.1) is 5.39 Å². The van der Waals surface area contributed by atoms with Crippen molar-refractivity contribution in [2.45, 2.75) is 82.5 Å². The van der Waals surface area contributed by atoms with Crippen LogP contribution in [0.15, 0.2) is 90.0 Å². The molecule has 6 rings (SSSR count). The van der Waals surface area contributed by atoms with Crippen molar-refractivity contribution in [3.63, 3.8) is 0 Å². The number of fused-ring (bicyclic) bond motifs is 1. The molecule has 0 aliphatic heterocycles. The zero-order valence-electron chi connectivity index (χ0n) is 24.2. The molecular weight excluding hydrogens is 526 g/mol. The van der Waals surface area contributed by atoms with E-state index in [-0.39, 0.29) is 40.1 Å². The molecule has 4 aromatic rings. The fourth-order valence-corrected chi connectivity index (χ4v) is 11.2. The number of carbonyl (C=O) groups excluding carboxylic acids is 1. The third-order valence-corrected chi connectivity index (χ3v) is 13.8. The number of benzene rings is 2. The zero-order valence-corrected chi connectivity index (χ0v) is 25.2. The van der Waals surface area contributed by atoms with Crippen LogP contribution in [0.3, 0.4) is 0 Å². The van der Waals surface area contributed by atoms with Crippen molar-refractivity contribution in [2.24, 2.45) is 0 Å². The van der Waals surface area contributed by atoms with Gasteiger partial charge in [-0.1, -0.05) is 81.4 Å². The van der Waals surface area contributed by atoms with Crippen LogP contribution in [0.25, 0.3) is 11.0 Å². The largest absolute Gasteiger partial charge is 0.404 e. The SMILES string of the molecule is CC(C)(C)[Si](O[C@H]1CC[C@H](n2cc(C(=O)NC3CC3)c(=O)c3cccnc32)CC1)(c1ccccc1)c1ccccc1. The number of aromatic nitrogens is 2. The lowest BCUT2D eigenvalue weighted by Crippen LogP contribution is -2.67. The van der Waals surface area contributed by atoms with E-state index in [0.717, 1.165) is 38.5 Å². The summed E-state index contributed by atoms with van der Waals surface area (Å²) in [4.78, 5) is 30.8. The van der Waals surface area contributed by atoms with Crippen LogP contribution in [0, 0.1) is 0 Å². The molecule has 0 unspecified atom stereocenters. The lowest BCUT2D eigenvalue weighted by molar-refractivity contribution is 0.0948. The fourth-order valence-electron chi connectivity index (χ4n) is 6.50. The standard InChI is InChI=1S/C34H39N3O3Si/c1-34(2,3)41(27-11-6-4-7-12-27,28-13-8-5-9-14-28)40-26-20-18-25(19-21-26)37-23-30(33(39)36-24-16-17-24)31(38)29-15-10-22-35-32(29)37/h4-15,22-26H,16-21H2,1-3H3,(H,36,39)/t25-,26-. The highest BCUT2D eigenvalue weighted by Crippen LogP contribution is 2.40. The van der Waals surface area contributed by atoms with E-state index in [9.17, 15) is 9.59 Å². The summed E-state index contributed by atoms with van der Waals surface area (Å²) in [6.45, 7) is 6.95. The summed E-state index contributed by atoms with van der Waals surface area (Å²) in [5, 5.41) is 6.01. The van der Waals surface area contributed by atoms with Crippen molar-refractivity contribution < 1.29 is 9.22 Å². The Morgan fingerprint density at radius 2 is 1.49 bits per heavy atom. The minimum atomic E-state index is -2.64. The van der Waals surface area contributed by atoms with Crippen molar-refractivity contribution in [3.8, 4) is 0 Å². The molecule has 0 atom stereocenters. The van der Waals surface area contributed by atoms with Crippen LogP contribution in [-0.2, 0) is 4.43 Å². The fraction of sp³-hybridized carbons (Fsp3) is 0.382. The Hall–Kier alpha value is -3.55. The second-order valence-corrected chi connectivity index (χ2v) is 16.9. The second-order valence-electron chi connectivity index (χ2n) is 12.6. The summed E-state index contributed by atoms with van der Waals surface area (Å²) in [5.74, 6) is -0.277. The smallest absolute Gasteiger partial charge is 0.261 e. The van der Waals surface area contributed by atoms with Crippen molar-refractivity contribution in [1.82, 2.24) is 14.9 Å². The van der Waals surface area contributed by atoms with Crippen LogP contribution in [0.2, 0.25) is 5.04 Å². The Labute approximate surface area is 242 Å². The highest BCUT2D eigenvalue weighted by atomic mass is 28.4. The number of hydrogen-bond acceptors (Lipinski definition) is 4. The minimum Gasteiger partial charge on any atom is -0.404 e. The van der Waals surface area contributed by atoms with Crippen molar-refractivity contribution in [1.29, 1.82) is 0 Å². The maximum Gasteiger partial charge on any atom is 0.261 e. The predicted octanol–water partition coefficient (Wildman–Crippen LogP) is 5.35. The Morgan fingerprint density at radius 1 is 0.878 bits per heavy atom. The van der Waals surface area contributed by atoms with Crippen molar-refractivity contribution in [2.75, 3.05) is 0 Å². The molecule has 1 N–H and O–H groups in total. The molecule has 2 aromatic carbocycles. The highest BCUT2D eigenvalue weighted by molar-refractivity contribution is 6.99. The van der Waals surface area contributed by atoms with Gasteiger partial charge in [-0.15, -0.1) is 0 Å². The molecular formula is C34H39N3O3Si.